The summed E-state index contributed by atoms with van der Waals surface area (Å²) in [6, 6.07) is 12.8. The first kappa shape index (κ1) is 20.7. The first-order chi connectivity index (χ1) is 15.5. The molecule has 2 aliphatic heterocycles. The average Bonchev–Trinajstić information content (AvgIpc) is 3.58. The van der Waals surface area contributed by atoms with Gasteiger partial charge in [0.2, 0.25) is 11.8 Å². The van der Waals surface area contributed by atoms with Gasteiger partial charge >= 0.3 is 6.09 Å². The Balaban J connectivity index is 1.20. The number of nitrogens with zero attached hydrogens (tertiary/aromatic N) is 1. The minimum Gasteiger partial charge on any atom is -0.444 e. The van der Waals surface area contributed by atoms with Crippen LogP contribution in [-0.4, -0.2) is 34.0 Å². The molecule has 2 heterocycles. The number of carbonyl (C=O) groups is 3. The topological polar surface area (TPSA) is 108 Å². The van der Waals surface area contributed by atoms with Crippen LogP contribution in [0.4, 0.5) is 10.5 Å². The number of rotatable bonds is 5. The van der Waals surface area contributed by atoms with Gasteiger partial charge in [0.05, 0.1) is 6.04 Å². The fourth-order valence-electron chi connectivity index (χ4n) is 4.45. The van der Waals surface area contributed by atoms with Crippen molar-refractivity contribution in [3.63, 3.8) is 0 Å². The summed E-state index contributed by atoms with van der Waals surface area (Å²) in [5.74, 6) is -0.0566. The second kappa shape index (κ2) is 8.37. The maximum absolute atomic E-state index is 12.2. The first-order valence-corrected chi connectivity index (χ1v) is 10.9. The number of aliphatic hydroxyl groups is 1. The lowest BCUT2D eigenvalue weighted by Crippen LogP contribution is -2.51. The zero-order chi connectivity index (χ0) is 22.2. The Morgan fingerprint density at radius 3 is 2.78 bits per heavy atom. The molecule has 0 aromatic heterocycles. The van der Waals surface area contributed by atoms with Crippen LogP contribution in [-0.2, 0) is 27.5 Å². The smallest absolute Gasteiger partial charge is 0.411 e. The fourth-order valence-corrected chi connectivity index (χ4v) is 4.45. The quantitative estimate of drug-likeness (QED) is 0.624. The monoisotopic (exact) mass is 435 g/mol. The van der Waals surface area contributed by atoms with Gasteiger partial charge in [0, 0.05) is 24.2 Å². The van der Waals surface area contributed by atoms with Crippen LogP contribution in [0.1, 0.15) is 60.1 Å². The molecule has 8 nitrogen and oxygen atoms in total. The van der Waals surface area contributed by atoms with Gasteiger partial charge in [-0.2, -0.15) is 0 Å². The number of imide groups is 1. The summed E-state index contributed by atoms with van der Waals surface area (Å²) in [6.07, 6.45) is 1.54. The summed E-state index contributed by atoms with van der Waals surface area (Å²) < 4.78 is 5.37. The van der Waals surface area contributed by atoms with Gasteiger partial charge in [0.15, 0.2) is 0 Å². The van der Waals surface area contributed by atoms with Crippen LogP contribution in [0.2, 0.25) is 0 Å². The van der Waals surface area contributed by atoms with Crippen molar-refractivity contribution in [3.05, 3.63) is 64.7 Å². The number of carbonyl (C=O) groups excluding carboxylic acids is 3. The van der Waals surface area contributed by atoms with Crippen LogP contribution in [0.15, 0.2) is 42.5 Å². The van der Waals surface area contributed by atoms with Gasteiger partial charge in [0.1, 0.15) is 12.8 Å². The summed E-state index contributed by atoms with van der Waals surface area (Å²) in [6.45, 7) is 0.480. The number of piperidine rings is 1. The van der Waals surface area contributed by atoms with E-state index in [0.717, 1.165) is 11.1 Å². The van der Waals surface area contributed by atoms with Gasteiger partial charge in [-0.05, 0) is 60.1 Å². The van der Waals surface area contributed by atoms with E-state index < -0.39 is 18.4 Å². The van der Waals surface area contributed by atoms with Crippen molar-refractivity contribution in [3.8, 4) is 0 Å². The Morgan fingerprint density at radius 2 is 2.00 bits per heavy atom. The standard InChI is InChI=1S/C24H25N3O5/c28-21-9-8-20(22(29)26-21)27-12-17-5-4-14(10-19(17)23(27)30)13-32-24(31)25-18-3-1-2-16(11-18)15-6-7-15/h1-5,10-11,15,20,23,30H,6-9,12-13H2,(H,25,31)(H,26,28,29). The van der Waals surface area contributed by atoms with Gasteiger partial charge in [-0.25, -0.2) is 4.79 Å². The van der Waals surface area contributed by atoms with E-state index in [1.54, 1.807) is 11.0 Å². The van der Waals surface area contributed by atoms with Crippen molar-refractivity contribution >= 4 is 23.6 Å². The molecule has 32 heavy (non-hydrogen) atoms. The molecule has 1 saturated carbocycles. The maximum atomic E-state index is 12.2. The molecule has 3 aliphatic rings. The van der Waals surface area contributed by atoms with Crippen LogP contribution in [0.3, 0.4) is 0 Å². The van der Waals surface area contributed by atoms with Crippen LogP contribution >= 0.6 is 0 Å². The summed E-state index contributed by atoms with van der Waals surface area (Å²) >= 11 is 0. The van der Waals surface area contributed by atoms with Gasteiger partial charge in [-0.1, -0.05) is 24.3 Å². The van der Waals surface area contributed by atoms with E-state index in [2.05, 4.69) is 16.7 Å². The lowest BCUT2D eigenvalue weighted by atomic mass is 10.0. The Labute approximate surface area is 185 Å². The molecule has 5 rings (SSSR count). The second-order valence-electron chi connectivity index (χ2n) is 8.65. The van der Waals surface area contributed by atoms with Crippen molar-refractivity contribution < 1.29 is 24.2 Å². The van der Waals surface area contributed by atoms with Crippen LogP contribution in [0.25, 0.3) is 0 Å². The van der Waals surface area contributed by atoms with Crippen molar-refractivity contribution in [1.29, 1.82) is 0 Å². The number of amides is 3. The predicted octanol–water partition coefficient (Wildman–Crippen LogP) is 2.92. The van der Waals surface area contributed by atoms with Crippen molar-refractivity contribution in [2.75, 3.05) is 5.32 Å². The van der Waals surface area contributed by atoms with Gasteiger partial charge in [-0.3, -0.25) is 25.1 Å². The van der Waals surface area contributed by atoms with Gasteiger partial charge < -0.3 is 9.84 Å². The normalized spacial score (nSPS) is 22.9. The SMILES string of the molecule is O=C1CCC(N2Cc3ccc(COC(=O)Nc4cccc(C5CC5)c4)cc3C2O)C(=O)N1. The van der Waals surface area contributed by atoms with E-state index in [9.17, 15) is 19.5 Å². The molecule has 2 fully saturated rings. The number of ether oxygens (including phenoxy) is 1. The highest BCUT2D eigenvalue weighted by Crippen LogP contribution is 2.40. The minimum absolute atomic E-state index is 0.0621. The van der Waals surface area contributed by atoms with E-state index in [4.69, 9.17) is 4.74 Å². The number of aliphatic hydroxyl groups excluding tert-OH is 1. The molecule has 2 atom stereocenters. The molecule has 0 bridgehead atoms. The molecule has 3 amide bonds. The van der Waals surface area contributed by atoms with Crippen LogP contribution in [0.5, 0.6) is 0 Å². The maximum Gasteiger partial charge on any atom is 0.411 e. The Hall–Kier alpha value is -3.23. The Morgan fingerprint density at radius 1 is 1.16 bits per heavy atom. The number of anilines is 1. The zero-order valence-corrected chi connectivity index (χ0v) is 17.5. The average molecular weight is 435 g/mol. The highest BCUT2D eigenvalue weighted by atomic mass is 16.5. The predicted molar refractivity (Wildman–Crippen MR) is 115 cm³/mol. The van der Waals surface area contributed by atoms with E-state index >= 15 is 0 Å². The van der Waals surface area contributed by atoms with Gasteiger partial charge in [-0.15, -0.1) is 0 Å². The van der Waals surface area contributed by atoms with E-state index in [0.29, 0.717) is 30.1 Å². The van der Waals surface area contributed by atoms with E-state index in [-0.39, 0.29) is 24.8 Å². The lowest BCUT2D eigenvalue weighted by Gasteiger charge is -2.31. The third-order valence-corrected chi connectivity index (χ3v) is 6.32. The van der Waals surface area contributed by atoms with Crippen molar-refractivity contribution in [1.82, 2.24) is 10.2 Å². The molecule has 8 heteroatoms. The second-order valence-corrected chi connectivity index (χ2v) is 8.65. The molecular formula is C24H25N3O5. The molecule has 0 radical (unpaired) electrons. The molecule has 166 valence electrons. The number of fused-ring (bicyclic) bond motifs is 1. The van der Waals surface area contributed by atoms with E-state index in [1.165, 1.54) is 18.4 Å². The first-order valence-electron chi connectivity index (χ1n) is 10.9. The van der Waals surface area contributed by atoms with Crippen molar-refractivity contribution in [2.45, 2.75) is 57.0 Å². The number of hydrogen-bond acceptors (Lipinski definition) is 6. The third kappa shape index (κ3) is 4.24. The number of hydrogen-bond donors (Lipinski definition) is 3. The number of nitrogens with one attached hydrogen (secondary N) is 2. The summed E-state index contributed by atoms with van der Waals surface area (Å²) in [4.78, 5) is 37.5. The highest BCUT2D eigenvalue weighted by molar-refractivity contribution is 6.00. The number of benzene rings is 2. The van der Waals surface area contributed by atoms with E-state index in [1.807, 2.05) is 30.3 Å². The molecule has 3 N–H and O–H groups in total. The Kier molecular flexibility index (Phi) is 5.40. The summed E-state index contributed by atoms with van der Waals surface area (Å²) in [7, 11) is 0. The zero-order valence-electron chi connectivity index (χ0n) is 17.5. The third-order valence-electron chi connectivity index (χ3n) is 6.32. The van der Waals surface area contributed by atoms with Crippen molar-refractivity contribution in [2.24, 2.45) is 0 Å². The molecule has 2 aromatic carbocycles. The molecule has 2 unspecified atom stereocenters. The molecule has 1 aliphatic carbocycles. The van der Waals surface area contributed by atoms with Crippen LogP contribution < -0.4 is 10.6 Å². The lowest BCUT2D eigenvalue weighted by molar-refractivity contribution is -0.141. The fraction of sp³-hybridized carbons (Fsp3) is 0.375. The molecule has 1 saturated heterocycles. The largest absolute Gasteiger partial charge is 0.444 e. The highest BCUT2D eigenvalue weighted by Gasteiger charge is 2.39. The Bertz CT molecular complexity index is 1080. The van der Waals surface area contributed by atoms with Crippen LogP contribution in [0, 0.1) is 0 Å². The molecule has 0 spiro atoms. The summed E-state index contributed by atoms with van der Waals surface area (Å²) in [5, 5.41) is 15.9. The molecular weight excluding hydrogens is 410 g/mol. The minimum atomic E-state index is -0.951. The summed E-state index contributed by atoms with van der Waals surface area (Å²) in [5.41, 5.74) is 4.29. The molecule has 2 aromatic rings. The van der Waals surface area contributed by atoms with Gasteiger partial charge in [0.25, 0.3) is 0 Å².